The molecule has 110 valence electrons. The van der Waals surface area contributed by atoms with E-state index in [1.165, 1.54) is 47.4 Å². The summed E-state index contributed by atoms with van der Waals surface area (Å²) >= 11 is 2.93. The standard InChI is InChI=1S/C17H12FNOS2/c18-14-8-6-13(7-9-14)16(20)11-22-17-19-15(10-21-17)12-4-2-1-3-5-12/h1-10H,11H2. The van der Waals surface area contributed by atoms with Crippen LogP contribution in [-0.2, 0) is 0 Å². The Hall–Kier alpha value is -1.98. The monoisotopic (exact) mass is 329 g/mol. The van der Waals surface area contributed by atoms with Crippen molar-refractivity contribution in [2.75, 3.05) is 5.75 Å². The molecule has 3 aromatic rings. The Morgan fingerprint density at radius 2 is 1.82 bits per heavy atom. The number of nitrogens with zero attached hydrogens (tertiary/aromatic N) is 1. The summed E-state index contributed by atoms with van der Waals surface area (Å²) in [6.07, 6.45) is 0. The van der Waals surface area contributed by atoms with Crippen LogP contribution in [-0.4, -0.2) is 16.5 Å². The predicted octanol–water partition coefficient (Wildman–Crippen LogP) is 4.92. The molecule has 2 aromatic carbocycles. The van der Waals surface area contributed by atoms with E-state index in [1.54, 1.807) is 0 Å². The second kappa shape index (κ2) is 6.85. The summed E-state index contributed by atoms with van der Waals surface area (Å²) in [5.41, 5.74) is 2.51. The van der Waals surface area contributed by atoms with Gasteiger partial charge in [-0.1, -0.05) is 42.1 Å². The van der Waals surface area contributed by atoms with E-state index < -0.39 is 0 Å². The molecular weight excluding hydrogens is 317 g/mol. The fourth-order valence-electron chi connectivity index (χ4n) is 1.91. The predicted molar refractivity (Wildman–Crippen MR) is 89.0 cm³/mol. The maximum atomic E-state index is 12.8. The quantitative estimate of drug-likeness (QED) is 0.491. The number of carbonyl (C=O) groups excluding carboxylic acids is 1. The highest BCUT2D eigenvalue weighted by molar-refractivity contribution is 8.01. The SMILES string of the molecule is O=C(CSc1nc(-c2ccccc2)cs1)c1ccc(F)cc1. The van der Waals surface area contributed by atoms with Gasteiger partial charge in [0.05, 0.1) is 11.4 Å². The molecule has 0 atom stereocenters. The smallest absolute Gasteiger partial charge is 0.173 e. The van der Waals surface area contributed by atoms with Crippen molar-refractivity contribution in [2.45, 2.75) is 4.34 Å². The Kier molecular flexibility index (Phi) is 4.65. The molecule has 0 aliphatic heterocycles. The minimum atomic E-state index is -0.336. The molecule has 0 saturated carbocycles. The average Bonchev–Trinajstić information content (AvgIpc) is 3.03. The van der Waals surface area contributed by atoms with Crippen molar-refractivity contribution in [3.05, 3.63) is 71.4 Å². The maximum Gasteiger partial charge on any atom is 0.173 e. The number of benzene rings is 2. The van der Waals surface area contributed by atoms with Gasteiger partial charge in [-0.05, 0) is 24.3 Å². The average molecular weight is 329 g/mol. The van der Waals surface area contributed by atoms with Crippen molar-refractivity contribution in [3.8, 4) is 11.3 Å². The van der Waals surface area contributed by atoms with Gasteiger partial charge in [0.15, 0.2) is 10.1 Å². The first-order valence-electron chi connectivity index (χ1n) is 6.65. The molecule has 1 heterocycles. The van der Waals surface area contributed by atoms with Gasteiger partial charge in [0.25, 0.3) is 0 Å². The third-order valence-corrected chi connectivity index (χ3v) is 5.07. The lowest BCUT2D eigenvalue weighted by Gasteiger charge is -1.99. The van der Waals surface area contributed by atoms with Crippen LogP contribution in [0, 0.1) is 5.82 Å². The third kappa shape index (κ3) is 3.61. The van der Waals surface area contributed by atoms with Crippen LogP contribution in [0.2, 0.25) is 0 Å². The number of Topliss-reactive ketones (excluding diaryl/α,β-unsaturated/α-hetero) is 1. The van der Waals surface area contributed by atoms with Gasteiger partial charge in [0.2, 0.25) is 0 Å². The molecular formula is C17H12FNOS2. The van der Waals surface area contributed by atoms with Gasteiger partial charge in [-0.15, -0.1) is 11.3 Å². The van der Waals surface area contributed by atoms with Gasteiger partial charge in [0.1, 0.15) is 5.82 Å². The Labute approximate surface area is 136 Å². The van der Waals surface area contributed by atoms with E-state index in [4.69, 9.17) is 0 Å². The molecule has 0 aliphatic carbocycles. The normalized spacial score (nSPS) is 10.6. The van der Waals surface area contributed by atoms with Crippen molar-refractivity contribution >= 4 is 28.9 Å². The molecule has 0 fully saturated rings. The van der Waals surface area contributed by atoms with Crippen molar-refractivity contribution < 1.29 is 9.18 Å². The Morgan fingerprint density at radius 1 is 1.09 bits per heavy atom. The van der Waals surface area contributed by atoms with Crippen LogP contribution in [0.5, 0.6) is 0 Å². The zero-order chi connectivity index (χ0) is 15.4. The van der Waals surface area contributed by atoms with E-state index in [-0.39, 0.29) is 11.6 Å². The van der Waals surface area contributed by atoms with Crippen LogP contribution in [0.15, 0.2) is 64.3 Å². The first kappa shape index (κ1) is 14.9. The first-order valence-corrected chi connectivity index (χ1v) is 8.51. The van der Waals surface area contributed by atoms with Gasteiger partial charge in [-0.2, -0.15) is 0 Å². The molecule has 0 radical (unpaired) electrons. The van der Waals surface area contributed by atoms with E-state index in [2.05, 4.69) is 4.98 Å². The summed E-state index contributed by atoms with van der Waals surface area (Å²) in [5, 5.41) is 1.99. The fraction of sp³-hybridized carbons (Fsp3) is 0.0588. The van der Waals surface area contributed by atoms with Gasteiger partial charge < -0.3 is 0 Å². The van der Waals surface area contributed by atoms with Crippen molar-refractivity contribution in [2.24, 2.45) is 0 Å². The lowest BCUT2D eigenvalue weighted by atomic mass is 10.1. The second-order valence-corrected chi connectivity index (χ2v) is 6.66. The minimum absolute atomic E-state index is 0.0264. The summed E-state index contributed by atoms with van der Waals surface area (Å²) < 4.78 is 13.7. The number of carbonyl (C=O) groups is 1. The molecule has 22 heavy (non-hydrogen) atoms. The zero-order valence-corrected chi connectivity index (χ0v) is 13.2. The number of aromatic nitrogens is 1. The topological polar surface area (TPSA) is 30.0 Å². The van der Waals surface area contributed by atoms with Gasteiger partial charge in [-0.25, -0.2) is 9.37 Å². The van der Waals surface area contributed by atoms with E-state index in [9.17, 15) is 9.18 Å². The molecule has 0 unspecified atom stereocenters. The summed E-state index contributed by atoms with van der Waals surface area (Å²) in [6.45, 7) is 0. The van der Waals surface area contributed by atoms with E-state index >= 15 is 0 Å². The van der Waals surface area contributed by atoms with Gasteiger partial charge in [0, 0.05) is 16.5 Å². The van der Waals surface area contributed by atoms with Crippen molar-refractivity contribution in [1.82, 2.24) is 4.98 Å². The summed E-state index contributed by atoms with van der Waals surface area (Å²) in [6, 6.07) is 15.5. The Bertz CT molecular complexity index is 769. The molecule has 3 rings (SSSR count). The molecule has 2 nitrogen and oxygen atoms in total. The number of thioether (sulfide) groups is 1. The van der Waals surface area contributed by atoms with Crippen molar-refractivity contribution in [3.63, 3.8) is 0 Å². The first-order chi connectivity index (χ1) is 10.7. The highest BCUT2D eigenvalue weighted by Crippen LogP contribution is 2.28. The lowest BCUT2D eigenvalue weighted by Crippen LogP contribution is -2.02. The number of thiazole rings is 1. The largest absolute Gasteiger partial charge is 0.293 e. The third-order valence-electron chi connectivity index (χ3n) is 3.05. The van der Waals surface area contributed by atoms with Gasteiger partial charge >= 0.3 is 0 Å². The summed E-state index contributed by atoms with van der Waals surface area (Å²) in [7, 11) is 0. The van der Waals surface area contributed by atoms with E-state index in [1.807, 2.05) is 35.7 Å². The molecule has 0 amide bonds. The molecule has 0 N–H and O–H groups in total. The van der Waals surface area contributed by atoms with Crippen LogP contribution in [0.25, 0.3) is 11.3 Å². The van der Waals surface area contributed by atoms with E-state index in [0.29, 0.717) is 11.3 Å². The van der Waals surface area contributed by atoms with E-state index in [0.717, 1.165) is 15.6 Å². The van der Waals surface area contributed by atoms with Crippen LogP contribution in [0.3, 0.4) is 0 Å². The molecule has 0 spiro atoms. The molecule has 5 heteroatoms. The summed E-state index contributed by atoms with van der Waals surface area (Å²) in [4.78, 5) is 16.6. The zero-order valence-electron chi connectivity index (χ0n) is 11.5. The second-order valence-electron chi connectivity index (χ2n) is 4.58. The highest BCUT2D eigenvalue weighted by atomic mass is 32.2. The number of ketones is 1. The number of halogens is 1. The Balaban J connectivity index is 1.64. The van der Waals surface area contributed by atoms with Crippen LogP contribution in [0.1, 0.15) is 10.4 Å². The highest BCUT2D eigenvalue weighted by Gasteiger charge is 2.10. The molecule has 1 aromatic heterocycles. The van der Waals surface area contributed by atoms with Crippen molar-refractivity contribution in [1.29, 1.82) is 0 Å². The number of hydrogen-bond acceptors (Lipinski definition) is 4. The molecule has 0 aliphatic rings. The van der Waals surface area contributed by atoms with Crippen LogP contribution >= 0.6 is 23.1 Å². The van der Waals surface area contributed by atoms with Crippen LogP contribution < -0.4 is 0 Å². The minimum Gasteiger partial charge on any atom is -0.293 e. The maximum absolute atomic E-state index is 12.8. The number of rotatable bonds is 5. The fourth-order valence-corrected chi connectivity index (χ4v) is 3.64. The summed E-state index contributed by atoms with van der Waals surface area (Å²) in [5.74, 6) is -0.0639. The van der Waals surface area contributed by atoms with Gasteiger partial charge in [-0.3, -0.25) is 4.79 Å². The molecule has 0 bridgehead atoms. The molecule has 0 saturated heterocycles. The lowest BCUT2D eigenvalue weighted by molar-refractivity contribution is 0.102. The Morgan fingerprint density at radius 3 is 2.55 bits per heavy atom. The van der Waals surface area contributed by atoms with Crippen LogP contribution in [0.4, 0.5) is 4.39 Å². The number of hydrogen-bond donors (Lipinski definition) is 0.